The van der Waals surface area contributed by atoms with Crippen molar-refractivity contribution in [2.75, 3.05) is 12.4 Å². The number of rotatable bonds is 5. The van der Waals surface area contributed by atoms with Crippen LogP contribution in [0.15, 0.2) is 53.3 Å². The number of benzene rings is 1. The minimum atomic E-state index is -0.616. The van der Waals surface area contributed by atoms with Gasteiger partial charge in [0.2, 0.25) is 0 Å². The summed E-state index contributed by atoms with van der Waals surface area (Å²) in [6, 6.07) is 10.9. The molecule has 8 heteroatoms. The van der Waals surface area contributed by atoms with E-state index < -0.39 is 6.04 Å². The third-order valence-corrected chi connectivity index (χ3v) is 4.55. The fourth-order valence-electron chi connectivity index (χ4n) is 2.62. The van der Waals surface area contributed by atoms with Crippen LogP contribution < -0.4 is 10.6 Å². The van der Waals surface area contributed by atoms with Gasteiger partial charge in [-0.2, -0.15) is 0 Å². The van der Waals surface area contributed by atoms with E-state index in [1.165, 1.54) is 7.11 Å². The molecular weight excluding hydrogens is 416 g/mol. The van der Waals surface area contributed by atoms with Gasteiger partial charge < -0.3 is 20.4 Å². The van der Waals surface area contributed by atoms with Gasteiger partial charge in [-0.1, -0.05) is 18.2 Å². The number of ether oxygens (including phenoxy) is 1. The predicted molar refractivity (Wildman–Crippen MR) is 109 cm³/mol. The standard InChI is InChI=1S/C18H17BrN4O2S/c1-25-17(24)15(8-11-9-20-14-5-3-2-4-13(11)14)22-18(26)23-16-7-6-12(19)10-21-16/h2-7,9-10,15,20H,8H2,1H3,(H2,21,22,23,26)/t15-/m1/s1. The van der Waals surface area contributed by atoms with Gasteiger partial charge in [-0.15, -0.1) is 0 Å². The molecule has 0 saturated heterocycles. The molecule has 0 aliphatic rings. The van der Waals surface area contributed by atoms with Gasteiger partial charge in [-0.3, -0.25) is 0 Å². The molecule has 0 aliphatic heterocycles. The van der Waals surface area contributed by atoms with E-state index in [0.29, 0.717) is 17.4 Å². The zero-order valence-corrected chi connectivity index (χ0v) is 16.4. The van der Waals surface area contributed by atoms with E-state index in [-0.39, 0.29) is 5.97 Å². The molecule has 3 rings (SSSR count). The normalized spacial score (nSPS) is 11.8. The Morgan fingerprint density at radius 3 is 2.88 bits per heavy atom. The van der Waals surface area contributed by atoms with Gasteiger partial charge in [0, 0.05) is 34.2 Å². The minimum absolute atomic E-state index is 0.301. The van der Waals surface area contributed by atoms with Crippen molar-refractivity contribution >= 4 is 56.0 Å². The molecule has 0 fully saturated rings. The summed E-state index contributed by atoms with van der Waals surface area (Å²) in [7, 11) is 1.36. The van der Waals surface area contributed by atoms with Crippen molar-refractivity contribution in [3.63, 3.8) is 0 Å². The Bertz CT molecular complexity index is 926. The van der Waals surface area contributed by atoms with Crippen molar-refractivity contribution in [2.24, 2.45) is 0 Å². The molecule has 1 atom stereocenters. The lowest BCUT2D eigenvalue weighted by Gasteiger charge is -2.18. The molecule has 2 aromatic heterocycles. The Morgan fingerprint density at radius 1 is 1.35 bits per heavy atom. The first-order valence-electron chi connectivity index (χ1n) is 7.88. The lowest BCUT2D eigenvalue weighted by molar-refractivity contribution is -0.142. The van der Waals surface area contributed by atoms with Crippen molar-refractivity contribution < 1.29 is 9.53 Å². The first kappa shape index (κ1) is 18.3. The average molecular weight is 433 g/mol. The third kappa shape index (κ3) is 4.39. The molecule has 0 saturated carbocycles. The van der Waals surface area contributed by atoms with Crippen molar-refractivity contribution in [1.29, 1.82) is 0 Å². The van der Waals surface area contributed by atoms with Crippen molar-refractivity contribution in [3.05, 3.63) is 58.8 Å². The van der Waals surface area contributed by atoms with Gasteiger partial charge in [0.25, 0.3) is 0 Å². The van der Waals surface area contributed by atoms with Crippen LogP contribution in [-0.2, 0) is 16.0 Å². The van der Waals surface area contributed by atoms with Crippen LogP contribution in [0.25, 0.3) is 10.9 Å². The van der Waals surface area contributed by atoms with Crippen LogP contribution in [-0.4, -0.2) is 34.2 Å². The average Bonchev–Trinajstić information content (AvgIpc) is 3.05. The lowest BCUT2D eigenvalue weighted by atomic mass is 10.1. The number of anilines is 1. The smallest absolute Gasteiger partial charge is 0.328 e. The number of thiocarbonyl (C=S) groups is 1. The molecule has 0 aliphatic carbocycles. The highest BCUT2D eigenvalue weighted by molar-refractivity contribution is 9.10. The maximum absolute atomic E-state index is 12.2. The number of nitrogens with one attached hydrogen (secondary N) is 3. The summed E-state index contributed by atoms with van der Waals surface area (Å²) in [6.45, 7) is 0. The fraction of sp³-hybridized carbons (Fsp3) is 0.167. The van der Waals surface area contributed by atoms with Crippen LogP contribution in [0.1, 0.15) is 5.56 Å². The first-order chi connectivity index (χ1) is 12.6. The Labute approximate surface area is 164 Å². The van der Waals surface area contributed by atoms with Gasteiger partial charge in [0.05, 0.1) is 7.11 Å². The van der Waals surface area contributed by atoms with E-state index in [1.807, 2.05) is 36.5 Å². The molecule has 0 bridgehead atoms. The first-order valence-corrected chi connectivity index (χ1v) is 9.09. The predicted octanol–water partition coefficient (Wildman–Crippen LogP) is 3.40. The lowest BCUT2D eigenvalue weighted by Crippen LogP contribution is -2.44. The van der Waals surface area contributed by atoms with Crippen molar-refractivity contribution in [2.45, 2.75) is 12.5 Å². The summed E-state index contributed by atoms with van der Waals surface area (Å²) in [5, 5.41) is 7.35. The molecule has 0 spiro atoms. The van der Waals surface area contributed by atoms with Crippen LogP contribution in [0.3, 0.4) is 0 Å². The number of carbonyl (C=O) groups is 1. The summed E-state index contributed by atoms with van der Waals surface area (Å²) in [6.07, 6.45) is 4.00. The zero-order valence-electron chi connectivity index (χ0n) is 14.0. The Hall–Kier alpha value is -2.45. The molecule has 6 nitrogen and oxygen atoms in total. The highest BCUT2D eigenvalue weighted by atomic mass is 79.9. The van der Waals surface area contributed by atoms with Gasteiger partial charge in [0.15, 0.2) is 5.11 Å². The fourth-order valence-corrected chi connectivity index (χ4v) is 3.10. The largest absolute Gasteiger partial charge is 0.467 e. The molecule has 26 heavy (non-hydrogen) atoms. The summed E-state index contributed by atoms with van der Waals surface area (Å²) in [4.78, 5) is 19.6. The Morgan fingerprint density at radius 2 is 2.15 bits per heavy atom. The second-order valence-corrected chi connectivity index (χ2v) is 6.92. The number of methoxy groups -OCH3 is 1. The van der Waals surface area contributed by atoms with E-state index in [1.54, 1.807) is 12.3 Å². The van der Waals surface area contributed by atoms with Gasteiger partial charge in [-0.25, -0.2) is 9.78 Å². The molecular formula is C18H17BrN4O2S. The number of para-hydroxylation sites is 1. The number of fused-ring (bicyclic) bond motifs is 1. The topological polar surface area (TPSA) is 79.0 Å². The monoisotopic (exact) mass is 432 g/mol. The SMILES string of the molecule is COC(=O)[C@@H](Cc1c[nH]c2ccccc12)NC(=S)Nc1ccc(Br)cn1. The molecule has 0 amide bonds. The number of carbonyl (C=O) groups excluding carboxylic acids is 1. The number of halogens is 1. The van der Waals surface area contributed by atoms with Crippen molar-refractivity contribution in [1.82, 2.24) is 15.3 Å². The number of nitrogens with zero attached hydrogens (tertiary/aromatic N) is 1. The molecule has 2 heterocycles. The Balaban J connectivity index is 1.72. The van der Waals surface area contributed by atoms with Gasteiger partial charge in [0.1, 0.15) is 11.9 Å². The second-order valence-electron chi connectivity index (χ2n) is 5.60. The van der Waals surface area contributed by atoms with E-state index in [2.05, 4.69) is 36.5 Å². The highest BCUT2D eigenvalue weighted by Gasteiger charge is 2.22. The quantitative estimate of drug-likeness (QED) is 0.423. The van der Waals surface area contributed by atoms with Crippen LogP contribution in [0, 0.1) is 0 Å². The number of esters is 1. The summed E-state index contributed by atoms with van der Waals surface area (Å²) in [5.41, 5.74) is 2.03. The second kappa shape index (κ2) is 8.29. The number of hydrogen-bond acceptors (Lipinski definition) is 4. The number of aromatic amines is 1. The minimum Gasteiger partial charge on any atom is -0.467 e. The van der Waals surface area contributed by atoms with Crippen LogP contribution in [0.5, 0.6) is 0 Å². The maximum Gasteiger partial charge on any atom is 0.328 e. The van der Waals surface area contributed by atoms with E-state index in [9.17, 15) is 4.79 Å². The molecule has 0 radical (unpaired) electrons. The molecule has 1 aromatic carbocycles. The third-order valence-electron chi connectivity index (χ3n) is 3.86. The molecule has 134 valence electrons. The molecule has 0 unspecified atom stereocenters. The molecule has 3 aromatic rings. The van der Waals surface area contributed by atoms with E-state index in [4.69, 9.17) is 17.0 Å². The van der Waals surface area contributed by atoms with E-state index >= 15 is 0 Å². The van der Waals surface area contributed by atoms with Crippen LogP contribution in [0.2, 0.25) is 0 Å². The summed E-state index contributed by atoms with van der Waals surface area (Å²) in [5.74, 6) is 0.199. The summed E-state index contributed by atoms with van der Waals surface area (Å²) < 4.78 is 5.79. The number of pyridine rings is 1. The zero-order chi connectivity index (χ0) is 18.5. The van der Waals surface area contributed by atoms with Gasteiger partial charge >= 0.3 is 5.97 Å². The van der Waals surface area contributed by atoms with Crippen LogP contribution >= 0.6 is 28.1 Å². The van der Waals surface area contributed by atoms with Crippen LogP contribution in [0.4, 0.5) is 5.82 Å². The summed E-state index contributed by atoms with van der Waals surface area (Å²) >= 11 is 8.64. The molecule has 3 N–H and O–H groups in total. The Kier molecular flexibility index (Phi) is 5.85. The highest BCUT2D eigenvalue weighted by Crippen LogP contribution is 2.19. The van der Waals surface area contributed by atoms with Gasteiger partial charge in [-0.05, 0) is 51.9 Å². The maximum atomic E-state index is 12.2. The van der Waals surface area contributed by atoms with Crippen molar-refractivity contribution in [3.8, 4) is 0 Å². The number of H-pyrrole nitrogens is 1. The van der Waals surface area contributed by atoms with E-state index in [0.717, 1.165) is 20.9 Å². The number of hydrogen-bond donors (Lipinski definition) is 3. The number of aromatic nitrogens is 2.